The molecule has 4 rings (SSSR count). The number of hydrogen-bond acceptors (Lipinski definition) is 7. The normalized spacial score (nSPS) is 22.0. The fourth-order valence-electron chi connectivity index (χ4n) is 4.88. The van der Waals surface area contributed by atoms with Crippen LogP contribution in [0.3, 0.4) is 0 Å². The number of benzene rings is 1. The Morgan fingerprint density at radius 3 is 2.68 bits per heavy atom. The monoisotopic (exact) mass is 480 g/mol. The van der Waals surface area contributed by atoms with Gasteiger partial charge in [0.1, 0.15) is 10.6 Å². The van der Waals surface area contributed by atoms with E-state index in [0.717, 1.165) is 27.4 Å². The molecule has 0 amide bonds. The molecule has 180 valence electrons. The van der Waals surface area contributed by atoms with Crippen LogP contribution in [0.4, 0.5) is 11.6 Å². The molecule has 0 radical (unpaired) electrons. The van der Waals surface area contributed by atoms with E-state index in [9.17, 15) is 15.0 Å². The smallest absolute Gasteiger partial charge is 0.307 e. The summed E-state index contributed by atoms with van der Waals surface area (Å²) in [7, 11) is 0. The van der Waals surface area contributed by atoms with E-state index < -0.39 is 22.9 Å². The van der Waals surface area contributed by atoms with E-state index in [-0.39, 0.29) is 0 Å². The minimum Gasteiger partial charge on any atom is -0.481 e. The molecule has 2 heterocycles. The van der Waals surface area contributed by atoms with E-state index in [4.69, 9.17) is 0 Å². The number of hydrogen-bond donors (Lipinski definition) is 3. The summed E-state index contributed by atoms with van der Waals surface area (Å²) in [6.45, 7) is 10.1. The first-order valence-corrected chi connectivity index (χ1v) is 12.4. The number of aromatic nitrogens is 3. The molecular weight excluding hydrogens is 448 g/mol. The number of rotatable bonds is 6. The quantitative estimate of drug-likeness (QED) is 0.405. The molecule has 0 aliphatic heterocycles. The van der Waals surface area contributed by atoms with Gasteiger partial charge in [-0.05, 0) is 66.8 Å². The average molecular weight is 481 g/mol. The van der Waals surface area contributed by atoms with Crippen LogP contribution in [-0.4, -0.2) is 31.1 Å². The molecule has 1 aliphatic rings. The molecule has 0 unspecified atom stereocenters. The van der Waals surface area contributed by atoms with Crippen LogP contribution >= 0.6 is 11.3 Å². The predicted molar refractivity (Wildman–Crippen MR) is 134 cm³/mol. The second-order valence-electron chi connectivity index (χ2n) is 10.3. The Balaban J connectivity index is 1.59. The van der Waals surface area contributed by atoms with Gasteiger partial charge in [-0.2, -0.15) is 0 Å². The SMILES string of the molecule is Cc1cc(Nc2nccc(C(C)C)n2)cc(-c2cnc([C@@]3(O)CC[C@H](C(=O)O)C(C)(C)C3)s2)c1. The second kappa shape index (κ2) is 9.07. The number of aliphatic carboxylic acids is 1. The third kappa shape index (κ3) is 4.98. The van der Waals surface area contributed by atoms with Gasteiger partial charge in [0.15, 0.2) is 0 Å². The zero-order chi connectivity index (χ0) is 24.7. The number of thiazole rings is 1. The van der Waals surface area contributed by atoms with Gasteiger partial charge in [-0.3, -0.25) is 4.79 Å². The molecule has 3 aromatic rings. The summed E-state index contributed by atoms with van der Waals surface area (Å²) >= 11 is 1.46. The molecule has 2 aromatic heterocycles. The highest BCUT2D eigenvalue weighted by molar-refractivity contribution is 7.15. The van der Waals surface area contributed by atoms with Crippen molar-refractivity contribution in [3.8, 4) is 10.4 Å². The lowest BCUT2D eigenvalue weighted by molar-refractivity contribution is -0.154. The number of carboxylic acid groups (broad SMARTS) is 1. The zero-order valence-corrected chi connectivity index (χ0v) is 21.1. The van der Waals surface area contributed by atoms with Gasteiger partial charge in [0.25, 0.3) is 0 Å². The standard InChI is InChI=1S/C26H32N4O3S/c1-15(2)20-7-9-27-24(30-20)29-18-11-16(3)10-17(12-18)21-13-28-23(34-21)26(33)8-6-19(22(31)32)25(4,5)14-26/h7,9-13,15,19,33H,6,8,14H2,1-5H3,(H,31,32)(H,27,29,30)/t19-,26-/m1/s1. The first-order chi connectivity index (χ1) is 16.0. The minimum atomic E-state index is -1.12. The summed E-state index contributed by atoms with van der Waals surface area (Å²) in [4.78, 5) is 26.1. The highest BCUT2D eigenvalue weighted by atomic mass is 32.1. The van der Waals surface area contributed by atoms with Crippen molar-refractivity contribution in [1.29, 1.82) is 0 Å². The number of nitrogens with one attached hydrogen (secondary N) is 1. The first kappa shape index (κ1) is 24.3. The molecule has 1 aromatic carbocycles. The lowest BCUT2D eigenvalue weighted by Crippen LogP contribution is -2.44. The van der Waals surface area contributed by atoms with E-state index in [1.165, 1.54) is 11.3 Å². The molecule has 1 aliphatic carbocycles. The van der Waals surface area contributed by atoms with Crippen LogP contribution in [0.25, 0.3) is 10.4 Å². The van der Waals surface area contributed by atoms with Crippen LogP contribution in [0.5, 0.6) is 0 Å². The van der Waals surface area contributed by atoms with Crippen molar-refractivity contribution in [2.45, 2.75) is 65.4 Å². The zero-order valence-electron chi connectivity index (χ0n) is 20.3. The van der Waals surface area contributed by atoms with Crippen molar-refractivity contribution >= 4 is 28.9 Å². The maximum Gasteiger partial charge on any atom is 0.307 e. The van der Waals surface area contributed by atoms with Gasteiger partial charge in [0, 0.05) is 23.8 Å². The maximum atomic E-state index is 11.6. The number of anilines is 2. The highest BCUT2D eigenvalue weighted by Crippen LogP contribution is 2.50. The third-order valence-corrected chi connectivity index (χ3v) is 7.87. The van der Waals surface area contributed by atoms with Crippen LogP contribution in [-0.2, 0) is 10.4 Å². The van der Waals surface area contributed by atoms with Crippen LogP contribution < -0.4 is 5.32 Å². The van der Waals surface area contributed by atoms with E-state index >= 15 is 0 Å². The first-order valence-electron chi connectivity index (χ1n) is 11.6. The molecule has 2 atom stereocenters. The number of aliphatic hydroxyl groups is 1. The fraction of sp³-hybridized carbons (Fsp3) is 0.462. The van der Waals surface area contributed by atoms with Crippen molar-refractivity contribution < 1.29 is 15.0 Å². The molecule has 8 heteroatoms. The Morgan fingerprint density at radius 2 is 2.00 bits per heavy atom. The Bertz CT molecular complexity index is 1210. The number of carboxylic acids is 1. The minimum absolute atomic E-state index is 0.313. The number of carbonyl (C=O) groups is 1. The Hall–Kier alpha value is -2.84. The van der Waals surface area contributed by atoms with Crippen molar-refractivity contribution in [3.05, 3.63) is 52.9 Å². The Morgan fingerprint density at radius 1 is 1.24 bits per heavy atom. The second-order valence-corrected chi connectivity index (χ2v) is 11.4. The lowest BCUT2D eigenvalue weighted by Gasteiger charge is -2.44. The van der Waals surface area contributed by atoms with Crippen molar-refractivity contribution in [2.75, 3.05) is 5.32 Å². The largest absolute Gasteiger partial charge is 0.481 e. The van der Waals surface area contributed by atoms with Crippen LogP contribution in [0.15, 0.2) is 36.7 Å². The van der Waals surface area contributed by atoms with E-state index in [2.05, 4.69) is 40.2 Å². The van der Waals surface area contributed by atoms with Crippen molar-refractivity contribution in [3.63, 3.8) is 0 Å². The molecule has 1 fully saturated rings. The number of nitrogens with zero attached hydrogens (tertiary/aromatic N) is 3. The van der Waals surface area contributed by atoms with Gasteiger partial charge in [0.05, 0.1) is 10.8 Å². The third-order valence-electron chi connectivity index (χ3n) is 6.63. The molecule has 1 saturated carbocycles. The Labute approximate surface area is 204 Å². The molecule has 3 N–H and O–H groups in total. The molecular formula is C26H32N4O3S. The van der Waals surface area contributed by atoms with E-state index in [1.807, 2.05) is 39.0 Å². The van der Waals surface area contributed by atoms with Gasteiger partial charge in [0.2, 0.25) is 5.95 Å². The van der Waals surface area contributed by atoms with Crippen molar-refractivity contribution in [2.24, 2.45) is 11.3 Å². The molecule has 34 heavy (non-hydrogen) atoms. The lowest BCUT2D eigenvalue weighted by atomic mass is 9.63. The summed E-state index contributed by atoms with van der Waals surface area (Å²) in [5, 5.41) is 24.9. The Kier molecular flexibility index (Phi) is 6.48. The van der Waals surface area contributed by atoms with Crippen LogP contribution in [0.2, 0.25) is 0 Å². The summed E-state index contributed by atoms with van der Waals surface area (Å²) in [5.41, 5.74) is 2.30. The topological polar surface area (TPSA) is 108 Å². The predicted octanol–water partition coefficient (Wildman–Crippen LogP) is 5.87. The summed E-state index contributed by atoms with van der Waals surface area (Å²) in [5.74, 6) is -0.392. The van der Waals surface area contributed by atoms with Gasteiger partial charge in [-0.15, -0.1) is 11.3 Å². The summed E-state index contributed by atoms with van der Waals surface area (Å²) in [6.07, 6.45) is 4.75. The van der Waals surface area contributed by atoms with E-state index in [1.54, 1.807) is 12.4 Å². The fourth-order valence-corrected chi connectivity index (χ4v) is 5.90. The van der Waals surface area contributed by atoms with Crippen molar-refractivity contribution in [1.82, 2.24) is 15.0 Å². The van der Waals surface area contributed by atoms with Gasteiger partial charge in [-0.25, -0.2) is 15.0 Å². The summed E-state index contributed by atoms with van der Waals surface area (Å²) < 4.78 is 0. The van der Waals surface area contributed by atoms with Gasteiger partial charge >= 0.3 is 5.97 Å². The molecule has 7 nitrogen and oxygen atoms in total. The van der Waals surface area contributed by atoms with Crippen LogP contribution in [0.1, 0.15) is 69.1 Å². The molecule has 0 saturated heterocycles. The van der Waals surface area contributed by atoms with Crippen LogP contribution in [0, 0.1) is 18.3 Å². The van der Waals surface area contributed by atoms with Gasteiger partial charge in [-0.1, -0.05) is 33.8 Å². The number of aryl methyl sites for hydroxylation is 1. The average Bonchev–Trinajstić information content (AvgIpc) is 3.24. The van der Waals surface area contributed by atoms with Gasteiger partial charge < -0.3 is 15.5 Å². The molecule has 0 spiro atoms. The summed E-state index contributed by atoms with van der Waals surface area (Å²) in [6, 6.07) is 8.08. The highest BCUT2D eigenvalue weighted by Gasteiger charge is 2.49. The van der Waals surface area contributed by atoms with E-state index in [0.29, 0.717) is 36.1 Å². The maximum absolute atomic E-state index is 11.6. The molecule has 0 bridgehead atoms.